The summed E-state index contributed by atoms with van der Waals surface area (Å²) >= 11 is 0. The van der Waals surface area contributed by atoms with E-state index in [-0.39, 0.29) is 18.0 Å². The van der Waals surface area contributed by atoms with Crippen LogP contribution in [0.1, 0.15) is 12.5 Å². The van der Waals surface area contributed by atoms with Crippen molar-refractivity contribution in [1.29, 1.82) is 0 Å². The van der Waals surface area contributed by atoms with Crippen LogP contribution in [0.25, 0.3) is 0 Å². The van der Waals surface area contributed by atoms with Crippen molar-refractivity contribution in [3.8, 4) is 0 Å². The van der Waals surface area contributed by atoms with Gasteiger partial charge in [0.15, 0.2) is 0 Å². The number of Topliss-reactive ketones (excluding diaryl/α,β-unsaturated/α-hetero) is 1. The second kappa shape index (κ2) is 5.01. The molecule has 16 heavy (non-hydrogen) atoms. The molecule has 6 nitrogen and oxygen atoms in total. The van der Waals surface area contributed by atoms with Gasteiger partial charge in [0.05, 0.1) is 17.4 Å². The van der Waals surface area contributed by atoms with Crippen LogP contribution in [0, 0.1) is 0 Å². The molecule has 4 N–H and O–H groups in total. The van der Waals surface area contributed by atoms with Crippen LogP contribution in [0.5, 0.6) is 0 Å². The summed E-state index contributed by atoms with van der Waals surface area (Å²) in [5.74, 6) is -1.28. The lowest BCUT2D eigenvalue weighted by Gasteiger charge is -2.06. The Balaban J connectivity index is 2.96. The molecule has 1 rings (SSSR count). The number of hydrogen-bond donors (Lipinski definition) is 3. The number of carboxylic acids is 1. The van der Waals surface area contributed by atoms with Gasteiger partial charge in [-0.3, -0.25) is 20.0 Å². The molecule has 0 saturated heterocycles. The number of hydrogen-bond acceptors (Lipinski definition) is 4. The molecule has 0 fully saturated rings. The summed E-state index contributed by atoms with van der Waals surface area (Å²) in [4.78, 5) is 25.3. The lowest BCUT2D eigenvalue weighted by Crippen LogP contribution is -2.45. The first kappa shape index (κ1) is 11.8. The molecule has 0 radical (unpaired) electrons. The Morgan fingerprint density at radius 2 is 2.25 bits per heavy atom. The van der Waals surface area contributed by atoms with Crippen molar-refractivity contribution in [2.75, 3.05) is 11.9 Å². The first-order valence-electron chi connectivity index (χ1n) is 4.55. The van der Waals surface area contributed by atoms with Crippen LogP contribution in [0.15, 0.2) is 18.5 Å². The third-order valence-corrected chi connectivity index (χ3v) is 1.92. The summed E-state index contributed by atoms with van der Waals surface area (Å²) in [6.07, 6.45) is 2.91. The highest BCUT2D eigenvalue weighted by atomic mass is 16.4. The van der Waals surface area contributed by atoms with Gasteiger partial charge >= 0.3 is 5.97 Å². The molecular formula is C10H12N3O3+. The molecule has 6 heteroatoms. The van der Waals surface area contributed by atoms with E-state index in [9.17, 15) is 9.59 Å². The summed E-state index contributed by atoms with van der Waals surface area (Å²) in [7, 11) is 0. The summed E-state index contributed by atoms with van der Waals surface area (Å²) in [6.45, 7) is 1.08. The van der Waals surface area contributed by atoms with Gasteiger partial charge in [0.25, 0.3) is 0 Å². The van der Waals surface area contributed by atoms with Crippen molar-refractivity contribution in [1.82, 2.24) is 4.98 Å². The van der Waals surface area contributed by atoms with Crippen LogP contribution in [-0.4, -0.2) is 34.1 Å². The molecule has 0 unspecified atom stereocenters. The minimum atomic E-state index is -1.00. The minimum Gasteiger partial charge on any atom is -0.480 e. The fourth-order valence-electron chi connectivity index (χ4n) is 1.13. The summed E-state index contributed by atoms with van der Waals surface area (Å²) in [5.41, 5.74) is 0.969. The van der Waals surface area contributed by atoms with Crippen LogP contribution in [0.4, 0.5) is 5.69 Å². The standard InChI is InChI=1S/C10H11N3O3/c1-6(14)10(11)7-2-3-12-4-8(7)13-5-9(15)16/h2-4,11,13H,5H2,1H3,(H,15,16)/p+1. The van der Waals surface area contributed by atoms with Crippen LogP contribution in [0.3, 0.4) is 0 Å². The number of nitrogens with zero attached hydrogens (tertiary/aromatic N) is 1. The highest BCUT2D eigenvalue weighted by Gasteiger charge is 2.17. The van der Waals surface area contributed by atoms with Crippen LogP contribution in [-0.2, 0) is 9.59 Å². The van der Waals surface area contributed by atoms with E-state index in [1.165, 1.54) is 19.3 Å². The molecule has 0 spiro atoms. The second-order valence-electron chi connectivity index (χ2n) is 3.14. The number of carbonyl (C=O) groups is 2. The molecule has 1 aromatic heterocycles. The van der Waals surface area contributed by atoms with E-state index in [4.69, 9.17) is 10.5 Å². The SMILES string of the molecule is CC(=O)C(=[NH2+])c1ccncc1NCC(=O)O. The van der Waals surface area contributed by atoms with Crippen LogP contribution < -0.4 is 10.7 Å². The molecular weight excluding hydrogens is 210 g/mol. The molecule has 84 valence electrons. The molecule has 0 aliphatic rings. The molecule has 1 heterocycles. The number of nitrogens with one attached hydrogen (secondary N) is 1. The molecule has 1 aromatic rings. The van der Waals surface area contributed by atoms with Gasteiger partial charge in [-0.05, 0) is 6.07 Å². The van der Waals surface area contributed by atoms with Crippen molar-refractivity contribution in [3.05, 3.63) is 24.0 Å². The number of carboxylic acid groups (broad SMARTS) is 1. The number of ketones is 1. The number of rotatable bonds is 5. The van der Waals surface area contributed by atoms with E-state index in [1.807, 2.05) is 0 Å². The molecule has 0 aromatic carbocycles. The number of carbonyl (C=O) groups excluding carboxylic acids is 1. The van der Waals surface area contributed by atoms with E-state index in [1.54, 1.807) is 6.07 Å². The van der Waals surface area contributed by atoms with Gasteiger partial charge in [-0.25, -0.2) is 0 Å². The van der Waals surface area contributed by atoms with Gasteiger partial charge in [-0.2, -0.15) is 0 Å². The monoisotopic (exact) mass is 222 g/mol. The molecule has 0 atom stereocenters. The number of pyridine rings is 1. The zero-order valence-corrected chi connectivity index (χ0v) is 8.73. The van der Waals surface area contributed by atoms with E-state index in [2.05, 4.69) is 10.3 Å². The largest absolute Gasteiger partial charge is 0.480 e. The second-order valence-corrected chi connectivity index (χ2v) is 3.14. The van der Waals surface area contributed by atoms with Gasteiger partial charge in [0, 0.05) is 13.1 Å². The predicted molar refractivity (Wildman–Crippen MR) is 57.1 cm³/mol. The third-order valence-electron chi connectivity index (χ3n) is 1.92. The Hall–Kier alpha value is -2.24. The van der Waals surface area contributed by atoms with E-state index < -0.39 is 5.97 Å². The number of aliphatic carboxylic acids is 1. The van der Waals surface area contributed by atoms with Gasteiger partial charge in [-0.1, -0.05) is 0 Å². The number of aromatic nitrogens is 1. The van der Waals surface area contributed by atoms with Gasteiger partial charge in [-0.15, -0.1) is 0 Å². The van der Waals surface area contributed by atoms with E-state index >= 15 is 0 Å². The minimum absolute atomic E-state index is 0.0790. The fraction of sp³-hybridized carbons (Fsp3) is 0.200. The summed E-state index contributed by atoms with van der Waals surface area (Å²) < 4.78 is 0. The molecule has 0 aliphatic heterocycles. The predicted octanol–water partition coefficient (Wildman–Crippen LogP) is -1.28. The summed E-state index contributed by atoms with van der Waals surface area (Å²) in [5, 5.41) is 16.8. The molecule has 0 amide bonds. The average molecular weight is 222 g/mol. The highest BCUT2D eigenvalue weighted by Crippen LogP contribution is 2.12. The Labute approximate surface area is 91.8 Å². The smallest absolute Gasteiger partial charge is 0.322 e. The maximum Gasteiger partial charge on any atom is 0.322 e. The zero-order valence-electron chi connectivity index (χ0n) is 8.73. The van der Waals surface area contributed by atoms with Gasteiger partial charge < -0.3 is 10.4 Å². The Kier molecular flexibility index (Phi) is 3.71. The number of nitrogens with two attached hydrogens (primary N) is 1. The zero-order chi connectivity index (χ0) is 12.1. The Morgan fingerprint density at radius 1 is 1.56 bits per heavy atom. The lowest BCUT2D eigenvalue weighted by atomic mass is 10.1. The van der Waals surface area contributed by atoms with E-state index in [0.29, 0.717) is 11.3 Å². The first-order valence-corrected chi connectivity index (χ1v) is 4.55. The van der Waals surface area contributed by atoms with Crippen molar-refractivity contribution < 1.29 is 20.1 Å². The molecule has 0 saturated carbocycles. The quantitative estimate of drug-likeness (QED) is 0.538. The van der Waals surface area contributed by atoms with E-state index in [0.717, 1.165) is 0 Å². The highest BCUT2D eigenvalue weighted by molar-refractivity contribution is 6.43. The van der Waals surface area contributed by atoms with Crippen molar-refractivity contribution in [2.45, 2.75) is 6.92 Å². The number of anilines is 1. The van der Waals surface area contributed by atoms with Crippen LogP contribution >= 0.6 is 0 Å². The molecule has 0 bridgehead atoms. The van der Waals surface area contributed by atoms with Crippen molar-refractivity contribution in [2.24, 2.45) is 0 Å². The fourth-order valence-corrected chi connectivity index (χ4v) is 1.13. The van der Waals surface area contributed by atoms with Gasteiger partial charge in [0.1, 0.15) is 6.54 Å². The van der Waals surface area contributed by atoms with Crippen molar-refractivity contribution >= 4 is 23.2 Å². The lowest BCUT2D eigenvalue weighted by molar-refractivity contribution is -0.135. The Morgan fingerprint density at radius 3 is 2.81 bits per heavy atom. The normalized spacial score (nSPS) is 9.56. The average Bonchev–Trinajstić information content (AvgIpc) is 2.25. The topological polar surface area (TPSA) is 105 Å². The van der Waals surface area contributed by atoms with Crippen LogP contribution in [0.2, 0.25) is 0 Å². The van der Waals surface area contributed by atoms with Crippen molar-refractivity contribution in [3.63, 3.8) is 0 Å². The maximum absolute atomic E-state index is 11.1. The maximum atomic E-state index is 11.1. The first-order chi connectivity index (χ1) is 7.52. The summed E-state index contributed by atoms with van der Waals surface area (Å²) in [6, 6.07) is 1.56. The molecule has 0 aliphatic carbocycles. The third kappa shape index (κ3) is 2.88. The Bertz CT molecular complexity index is 443. The van der Waals surface area contributed by atoms with Gasteiger partial charge in [0.2, 0.25) is 11.5 Å².